The second kappa shape index (κ2) is 7.19. The van der Waals surface area contributed by atoms with Gasteiger partial charge in [0.1, 0.15) is 5.82 Å². The van der Waals surface area contributed by atoms with Crippen molar-refractivity contribution >= 4 is 11.7 Å². The van der Waals surface area contributed by atoms with E-state index in [1.54, 1.807) is 18.6 Å². The summed E-state index contributed by atoms with van der Waals surface area (Å²) in [4.78, 5) is 22.6. The zero-order valence-electron chi connectivity index (χ0n) is 12.2. The lowest BCUT2D eigenvalue weighted by Crippen LogP contribution is -2.44. The van der Waals surface area contributed by atoms with Gasteiger partial charge in [0.25, 0.3) is 0 Å². The first-order valence-corrected chi connectivity index (χ1v) is 7.16. The highest BCUT2D eigenvalue weighted by molar-refractivity contribution is 5.79. The number of likely N-dealkylation sites (N-methyl/N-ethyl adjacent to an activating group) is 1. The van der Waals surface area contributed by atoms with Crippen LogP contribution in [0.2, 0.25) is 0 Å². The summed E-state index contributed by atoms with van der Waals surface area (Å²) in [6.07, 6.45) is 6.89. The average molecular weight is 277 g/mol. The van der Waals surface area contributed by atoms with Crippen LogP contribution in [-0.2, 0) is 4.79 Å². The van der Waals surface area contributed by atoms with Crippen molar-refractivity contribution in [3.63, 3.8) is 0 Å². The largest absolute Gasteiger partial charge is 0.355 e. The summed E-state index contributed by atoms with van der Waals surface area (Å²) in [5, 5.41) is 6.12. The van der Waals surface area contributed by atoms with Crippen molar-refractivity contribution in [2.45, 2.75) is 25.8 Å². The first kappa shape index (κ1) is 14.7. The molecule has 0 aliphatic carbocycles. The topological polar surface area (TPSA) is 70.2 Å². The Balaban J connectivity index is 1.78. The third kappa shape index (κ3) is 3.90. The van der Waals surface area contributed by atoms with E-state index in [4.69, 9.17) is 0 Å². The van der Waals surface area contributed by atoms with Crippen LogP contribution in [-0.4, -0.2) is 48.6 Å². The maximum atomic E-state index is 12.1. The summed E-state index contributed by atoms with van der Waals surface area (Å²) in [5.74, 6) is 1.19. The molecule has 0 spiro atoms. The molecule has 0 aromatic carbocycles. The third-order valence-corrected chi connectivity index (χ3v) is 3.81. The maximum Gasteiger partial charge on any atom is 0.223 e. The van der Waals surface area contributed by atoms with Gasteiger partial charge in [0.05, 0.1) is 6.20 Å². The van der Waals surface area contributed by atoms with Crippen LogP contribution in [0.4, 0.5) is 5.82 Å². The second-order valence-electron chi connectivity index (χ2n) is 5.26. The van der Waals surface area contributed by atoms with Crippen LogP contribution in [0.15, 0.2) is 18.6 Å². The molecule has 0 radical (unpaired) electrons. The molecule has 2 rings (SSSR count). The Morgan fingerprint density at radius 1 is 1.45 bits per heavy atom. The number of nitrogens with zero attached hydrogens (tertiary/aromatic N) is 3. The Morgan fingerprint density at radius 2 is 2.20 bits per heavy atom. The molecule has 1 saturated heterocycles. The number of rotatable bonds is 5. The lowest BCUT2D eigenvalue weighted by atomic mass is 9.96. The van der Waals surface area contributed by atoms with Gasteiger partial charge in [0.15, 0.2) is 0 Å². The van der Waals surface area contributed by atoms with Gasteiger partial charge in [0.2, 0.25) is 5.91 Å². The van der Waals surface area contributed by atoms with Gasteiger partial charge < -0.3 is 15.5 Å². The Morgan fingerprint density at radius 3 is 2.80 bits per heavy atom. The Labute approximate surface area is 120 Å². The summed E-state index contributed by atoms with van der Waals surface area (Å²) in [6, 6.07) is 0.304. The SMILES string of the molecule is CNC(C)CNC(=O)C1CCN(c2cnccn2)CC1. The number of nitrogens with one attached hydrogen (secondary N) is 2. The van der Waals surface area contributed by atoms with Crippen molar-refractivity contribution in [2.75, 3.05) is 31.6 Å². The molecule has 1 aromatic heterocycles. The van der Waals surface area contributed by atoms with Crippen LogP contribution in [0, 0.1) is 5.92 Å². The predicted octanol–water partition coefficient (Wildman–Crippen LogP) is 0.417. The molecule has 2 N–H and O–H groups in total. The summed E-state index contributed by atoms with van der Waals surface area (Å²) in [5.41, 5.74) is 0. The number of anilines is 1. The fourth-order valence-electron chi connectivity index (χ4n) is 2.33. The highest BCUT2D eigenvalue weighted by atomic mass is 16.1. The van der Waals surface area contributed by atoms with Crippen LogP contribution >= 0.6 is 0 Å². The molecular formula is C14H23N5O. The highest BCUT2D eigenvalue weighted by Gasteiger charge is 2.25. The molecule has 1 aromatic rings. The van der Waals surface area contributed by atoms with Gasteiger partial charge in [-0.25, -0.2) is 4.98 Å². The van der Waals surface area contributed by atoms with E-state index in [2.05, 4.69) is 32.4 Å². The standard InChI is InChI=1S/C14H23N5O/c1-11(15-2)9-18-14(20)12-3-7-19(8-4-12)13-10-16-5-6-17-13/h5-6,10-12,15H,3-4,7-9H2,1-2H3,(H,18,20). The van der Waals surface area contributed by atoms with Gasteiger partial charge in [0, 0.05) is 44.0 Å². The van der Waals surface area contributed by atoms with E-state index < -0.39 is 0 Å². The highest BCUT2D eigenvalue weighted by Crippen LogP contribution is 2.21. The predicted molar refractivity (Wildman–Crippen MR) is 78.5 cm³/mol. The molecule has 0 bridgehead atoms. The van der Waals surface area contributed by atoms with E-state index in [9.17, 15) is 4.79 Å². The smallest absolute Gasteiger partial charge is 0.223 e. The van der Waals surface area contributed by atoms with Crippen LogP contribution in [0.1, 0.15) is 19.8 Å². The van der Waals surface area contributed by atoms with Gasteiger partial charge in [-0.05, 0) is 26.8 Å². The third-order valence-electron chi connectivity index (χ3n) is 3.81. The summed E-state index contributed by atoms with van der Waals surface area (Å²) < 4.78 is 0. The van der Waals surface area contributed by atoms with E-state index in [0.29, 0.717) is 12.6 Å². The molecule has 6 heteroatoms. The summed E-state index contributed by atoms with van der Waals surface area (Å²) >= 11 is 0. The molecule has 2 heterocycles. The quantitative estimate of drug-likeness (QED) is 0.816. The normalized spacial score (nSPS) is 17.8. The Hall–Kier alpha value is -1.69. The first-order chi connectivity index (χ1) is 9.70. The molecule has 1 amide bonds. The Bertz CT molecular complexity index is 417. The van der Waals surface area contributed by atoms with E-state index in [-0.39, 0.29) is 11.8 Å². The lowest BCUT2D eigenvalue weighted by molar-refractivity contribution is -0.125. The van der Waals surface area contributed by atoms with Crippen molar-refractivity contribution in [3.05, 3.63) is 18.6 Å². The van der Waals surface area contributed by atoms with Gasteiger partial charge in [-0.15, -0.1) is 0 Å². The van der Waals surface area contributed by atoms with Gasteiger partial charge in [-0.3, -0.25) is 9.78 Å². The van der Waals surface area contributed by atoms with E-state index in [1.807, 2.05) is 7.05 Å². The molecule has 20 heavy (non-hydrogen) atoms. The Kier molecular flexibility index (Phi) is 5.29. The van der Waals surface area contributed by atoms with Crippen molar-refractivity contribution in [2.24, 2.45) is 5.92 Å². The number of hydrogen-bond acceptors (Lipinski definition) is 5. The molecule has 6 nitrogen and oxygen atoms in total. The van der Waals surface area contributed by atoms with E-state index in [1.165, 1.54) is 0 Å². The van der Waals surface area contributed by atoms with Crippen molar-refractivity contribution in [3.8, 4) is 0 Å². The molecule has 1 unspecified atom stereocenters. The second-order valence-corrected chi connectivity index (χ2v) is 5.26. The number of piperidine rings is 1. The monoisotopic (exact) mass is 277 g/mol. The van der Waals surface area contributed by atoms with Crippen molar-refractivity contribution < 1.29 is 4.79 Å². The molecule has 1 aliphatic heterocycles. The van der Waals surface area contributed by atoms with Crippen LogP contribution in [0.3, 0.4) is 0 Å². The van der Waals surface area contributed by atoms with Crippen LogP contribution in [0.25, 0.3) is 0 Å². The maximum absolute atomic E-state index is 12.1. The molecule has 1 atom stereocenters. The molecule has 1 aliphatic rings. The van der Waals surface area contributed by atoms with Crippen molar-refractivity contribution in [1.82, 2.24) is 20.6 Å². The van der Waals surface area contributed by atoms with Gasteiger partial charge >= 0.3 is 0 Å². The molecule has 1 fully saturated rings. The fourth-order valence-corrected chi connectivity index (χ4v) is 2.33. The van der Waals surface area contributed by atoms with Crippen LogP contribution < -0.4 is 15.5 Å². The first-order valence-electron chi connectivity index (χ1n) is 7.16. The number of amides is 1. The minimum absolute atomic E-state index is 0.118. The number of hydrogen-bond donors (Lipinski definition) is 2. The number of aromatic nitrogens is 2. The summed E-state index contributed by atoms with van der Waals surface area (Å²) in [7, 11) is 1.90. The zero-order chi connectivity index (χ0) is 14.4. The minimum atomic E-state index is 0.118. The lowest BCUT2D eigenvalue weighted by Gasteiger charge is -2.32. The van der Waals surface area contributed by atoms with E-state index >= 15 is 0 Å². The van der Waals surface area contributed by atoms with Gasteiger partial charge in [-0.2, -0.15) is 0 Å². The van der Waals surface area contributed by atoms with Crippen molar-refractivity contribution in [1.29, 1.82) is 0 Å². The summed E-state index contributed by atoms with van der Waals surface area (Å²) in [6.45, 7) is 4.45. The molecule has 110 valence electrons. The molecular weight excluding hydrogens is 254 g/mol. The fraction of sp³-hybridized carbons (Fsp3) is 0.643. The number of carbonyl (C=O) groups excluding carboxylic acids is 1. The minimum Gasteiger partial charge on any atom is -0.355 e. The van der Waals surface area contributed by atoms with Crippen LogP contribution in [0.5, 0.6) is 0 Å². The van der Waals surface area contributed by atoms with E-state index in [0.717, 1.165) is 31.7 Å². The zero-order valence-corrected chi connectivity index (χ0v) is 12.2. The average Bonchev–Trinajstić information content (AvgIpc) is 2.53. The number of carbonyl (C=O) groups is 1. The van der Waals surface area contributed by atoms with Gasteiger partial charge in [-0.1, -0.05) is 0 Å². The molecule has 0 saturated carbocycles.